The van der Waals surface area contributed by atoms with Gasteiger partial charge in [0.15, 0.2) is 0 Å². The van der Waals surface area contributed by atoms with Crippen LogP contribution in [0.5, 0.6) is 0 Å². The van der Waals surface area contributed by atoms with E-state index in [1.807, 2.05) is 18.2 Å². The van der Waals surface area contributed by atoms with Crippen LogP contribution in [-0.2, 0) is 9.47 Å². The molecule has 3 unspecified atom stereocenters. The van der Waals surface area contributed by atoms with E-state index in [-0.39, 0.29) is 6.10 Å². The SMILES string of the molecule is CC(OCC1OC1C(C)C)c1ccccc1. The lowest BCUT2D eigenvalue weighted by Crippen LogP contribution is -2.10. The Morgan fingerprint density at radius 2 is 1.88 bits per heavy atom. The molecule has 0 aliphatic carbocycles. The zero-order valence-electron chi connectivity index (χ0n) is 10.2. The maximum absolute atomic E-state index is 5.81. The molecule has 88 valence electrons. The second kappa shape index (κ2) is 4.98. The number of rotatable bonds is 5. The van der Waals surface area contributed by atoms with Gasteiger partial charge in [0.1, 0.15) is 6.10 Å². The molecule has 0 amide bonds. The Morgan fingerprint density at radius 1 is 1.19 bits per heavy atom. The second-order valence-corrected chi connectivity index (χ2v) is 4.77. The quantitative estimate of drug-likeness (QED) is 0.711. The third-order valence-corrected chi connectivity index (χ3v) is 3.06. The summed E-state index contributed by atoms with van der Waals surface area (Å²) in [6.45, 7) is 7.16. The summed E-state index contributed by atoms with van der Waals surface area (Å²) in [6, 6.07) is 10.3. The van der Waals surface area contributed by atoms with Crippen LogP contribution in [0, 0.1) is 5.92 Å². The van der Waals surface area contributed by atoms with Crippen molar-refractivity contribution < 1.29 is 9.47 Å². The second-order valence-electron chi connectivity index (χ2n) is 4.77. The molecule has 0 bridgehead atoms. The standard InChI is InChI=1S/C14H20O2/c1-10(2)14-13(16-14)9-15-11(3)12-7-5-4-6-8-12/h4-8,10-11,13-14H,9H2,1-3H3. The highest BCUT2D eigenvalue weighted by molar-refractivity contribution is 5.16. The molecule has 1 aromatic carbocycles. The topological polar surface area (TPSA) is 21.8 Å². The van der Waals surface area contributed by atoms with Crippen molar-refractivity contribution in [1.82, 2.24) is 0 Å². The Balaban J connectivity index is 1.75. The minimum absolute atomic E-state index is 0.151. The Hall–Kier alpha value is -0.860. The van der Waals surface area contributed by atoms with E-state index in [2.05, 4.69) is 32.9 Å². The van der Waals surface area contributed by atoms with Crippen LogP contribution in [0.2, 0.25) is 0 Å². The summed E-state index contributed by atoms with van der Waals surface area (Å²) >= 11 is 0. The zero-order valence-corrected chi connectivity index (χ0v) is 10.2. The van der Waals surface area contributed by atoms with Gasteiger partial charge < -0.3 is 9.47 Å². The summed E-state index contributed by atoms with van der Waals surface area (Å²) in [5.74, 6) is 0.598. The lowest BCUT2D eigenvalue weighted by atomic mass is 10.1. The molecule has 2 nitrogen and oxygen atoms in total. The summed E-state index contributed by atoms with van der Waals surface area (Å²) in [7, 11) is 0. The molecule has 2 rings (SSSR count). The fourth-order valence-electron chi connectivity index (χ4n) is 1.94. The Labute approximate surface area is 97.6 Å². The molecule has 1 aliphatic heterocycles. The van der Waals surface area contributed by atoms with E-state index in [1.54, 1.807) is 0 Å². The summed E-state index contributed by atoms with van der Waals surface area (Å²) in [5.41, 5.74) is 1.23. The molecule has 1 aliphatic rings. The molecule has 16 heavy (non-hydrogen) atoms. The van der Waals surface area contributed by atoms with Crippen LogP contribution in [-0.4, -0.2) is 18.8 Å². The maximum atomic E-state index is 5.81. The fraction of sp³-hybridized carbons (Fsp3) is 0.571. The molecular weight excluding hydrogens is 200 g/mol. The van der Waals surface area contributed by atoms with Gasteiger partial charge in [0.25, 0.3) is 0 Å². The molecule has 1 aromatic rings. The van der Waals surface area contributed by atoms with Gasteiger partial charge in [0.05, 0.1) is 18.8 Å². The van der Waals surface area contributed by atoms with Gasteiger partial charge >= 0.3 is 0 Å². The first-order chi connectivity index (χ1) is 7.68. The van der Waals surface area contributed by atoms with Gasteiger partial charge in [-0.25, -0.2) is 0 Å². The minimum Gasteiger partial charge on any atom is -0.371 e. The monoisotopic (exact) mass is 220 g/mol. The van der Waals surface area contributed by atoms with Gasteiger partial charge in [-0.3, -0.25) is 0 Å². The number of hydrogen-bond acceptors (Lipinski definition) is 2. The van der Waals surface area contributed by atoms with E-state index in [0.717, 1.165) is 0 Å². The molecule has 0 radical (unpaired) electrons. The summed E-state index contributed by atoms with van der Waals surface area (Å²) in [4.78, 5) is 0. The molecular formula is C14H20O2. The van der Waals surface area contributed by atoms with Crippen LogP contribution < -0.4 is 0 Å². The van der Waals surface area contributed by atoms with Crippen LogP contribution in [0.15, 0.2) is 30.3 Å². The van der Waals surface area contributed by atoms with Crippen molar-refractivity contribution in [3.8, 4) is 0 Å². The van der Waals surface area contributed by atoms with E-state index in [0.29, 0.717) is 24.7 Å². The van der Waals surface area contributed by atoms with Crippen molar-refractivity contribution in [2.75, 3.05) is 6.61 Å². The summed E-state index contributed by atoms with van der Waals surface area (Å²) in [6.07, 6.45) is 0.868. The maximum Gasteiger partial charge on any atom is 0.108 e. The molecule has 0 aromatic heterocycles. The van der Waals surface area contributed by atoms with Crippen LogP contribution in [0.1, 0.15) is 32.4 Å². The number of benzene rings is 1. The van der Waals surface area contributed by atoms with Crippen LogP contribution in [0.25, 0.3) is 0 Å². The van der Waals surface area contributed by atoms with Crippen molar-refractivity contribution in [3.05, 3.63) is 35.9 Å². The summed E-state index contributed by atoms with van der Waals surface area (Å²) < 4.78 is 11.3. The average molecular weight is 220 g/mol. The zero-order chi connectivity index (χ0) is 11.5. The fourth-order valence-corrected chi connectivity index (χ4v) is 1.94. The van der Waals surface area contributed by atoms with Gasteiger partial charge in [0, 0.05) is 0 Å². The molecule has 1 heterocycles. The van der Waals surface area contributed by atoms with E-state index in [4.69, 9.17) is 9.47 Å². The molecule has 1 fully saturated rings. The lowest BCUT2D eigenvalue weighted by Gasteiger charge is -2.12. The molecule has 3 atom stereocenters. The number of hydrogen-bond donors (Lipinski definition) is 0. The lowest BCUT2D eigenvalue weighted by molar-refractivity contribution is 0.0539. The third kappa shape index (κ3) is 2.83. The van der Waals surface area contributed by atoms with Crippen LogP contribution in [0.4, 0.5) is 0 Å². The molecule has 0 saturated carbocycles. The van der Waals surface area contributed by atoms with E-state index < -0.39 is 0 Å². The Kier molecular flexibility index (Phi) is 3.62. The van der Waals surface area contributed by atoms with Gasteiger partial charge in [-0.2, -0.15) is 0 Å². The average Bonchev–Trinajstić information content (AvgIpc) is 3.06. The predicted molar refractivity (Wildman–Crippen MR) is 64.3 cm³/mol. The smallest absolute Gasteiger partial charge is 0.108 e. The van der Waals surface area contributed by atoms with Crippen molar-refractivity contribution in [2.24, 2.45) is 5.92 Å². The van der Waals surface area contributed by atoms with E-state index in [9.17, 15) is 0 Å². The predicted octanol–water partition coefficient (Wildman–Crippen LogP) is 3.19. The first-order valence-corrected chi connectivity index (χ1v) is 6.00. The van der Waals surface area contributed by atoms with E-state index >= 15 is 0 Å². The largest absolute Gasteiger partial charge is 0.371 e. The van der Waals surface area contributed by atoms with Gasteiger partial charge in [-0.1, -0.05) is 44.2 Å². The Morgan fingerprint density at radius 3 is 2.44 bits per heavy atom. The summed E-state index contributed by atoms with van der Waals surface area (Å²) in [5, 5.41) is 0. The highest BCUT2D eigenvalue weighted by atomic mass is 16.6. The normalized spacial score (nSPS) is 25.8. The highest BCUT2D eigenvalue weighted by Crippen LogP contribution is 2.30. The van der Waals surface area contributed by atoms with Gasteiger partial charge in [0.2, 0.25) is 0 Å². The Bertz CT molecular complexity index is 321. The molecule has 1 saturated heterocycles. The van der Waals surface area contributed by atoms with Crippen LogP contribution in [0.3, 0.4) is 0 Å². The minimum atomic E-state index is 0.151. The van der Waals surface area contributed by atoms with Gasteiger partial charge in [-0.15, -0.1) is 0 Å². The van der Waals surface area contributed by atoms with Gasteiger partial charge in [-0.05, 0) is 18.4 Å². The number of ether oxygens (including phenoxy) is 2. The van der Waals surface area contributed by atoms with Crippen molar-refractivity contribution in [3.63, 3.8) is 0 Å². The molecule has 2 heteroatoms. The first kappa shape index (κ1) is 11.6. The third-order valence-electron chi connectivity index (χ3n) is 3.06. The first-order valence-electron chi connectivity index (χ1n) is 6.00. The van der Waals surface area contributed by atoms with Crippen molar-refractivity contribution >= 4 is 0 Å². The highest BCUT2D eigenvalue weighted by Gasteiger charge is 2.41. The van der Waals surface area contributed by atoms with Crippen molar-refractivity contribution in [1.29, 1.82) is 0 Å². The van der Waals surface area contributed by atoms with E-state index in [1.165, 1.54) is 5.56 Å². The van der Waals surface area contributed by atoms with Crippen LogP contribution >= 0.6 is 0 Å². The molecule has 0 N–H and O–H groups in total. The number of epoxide rings is 1. The molecule has 0 spiro atoms. The van der Waals surface area contributed by atoms with Crippen molar-refractivity contribution in [2.45, 2.75) is 39.1 Å².